The lowest BCUT2D eigenvalue weighted by Gasteiger charge is -2.33. The van der Waals surface area contributed by atoms with E-state index in [1.807, 2.05) is 59.3 Å². The molecule has 4 rings (SSSR count). The first-order valence-electron chi connectivity index (χ1n) is 10.1. The molecule has 0 saturated carbocycles. The summed E-state index contributed by atoms with van der Waals surface area (Å²) in [5.41, 5.74) is 1.99. The highest BCUT2D eigenvalue weighted by molar-refractivity contribution is 7.10. The van der Waals surface area contributed by atoms with Crippen molar-refractivity contribution < 1.29 is 9.59 Å². The lowest BCUT2D eigenvalue weighted by molar-refractivity contribution is -0.136. The number of likely N-dealkylation sites (tertiary alicyclic amines) is 1. The molecule has 5 heteroatoms. The summed E-state index contributed by atoms with van der Waals surface area (Å²) in [6.45, 7) is 4.01. The summed E-state index contributed by atoms with van der Waals surface area (Å²) in [4.78, 5) is 31.0. The Kier molecular flexibility index (Phi) is 5.67. The molecule has 0 spiro atoms. The van der Waals surface area contributed by atoms with E-state index in [4.69, 9.17) is 0 Å². The quantitative estimate of drug-likeness (QED) is 0.629. The molecule has 1 aliphatic heterocycles. The third-order valence-electron chi connectivity index (χ3n) is 5.88. The van der Waals surface area contributed by atoms with Gasteiger partial charge in [-0.25, -0.2) is 0 Å². The fourth-order valence-corrected chi connectivity index (χ4v) is 5.04. The summed E-state index contributed by atoms with van der Waals surface area (Å²) < 4.78 is 0. The van der Waals surface area contributed by atoms with Crippen LogP contribution >= 0.6 is 11.3 Å². The van der Waals surface area contributed by atoms with Crippen molar-refractivity contribution in [3.63, 3.8) is 0 Å². The van der Waals surface area contributed by atoms with E-state index in [0.717, 1.165) is 29.2 Å². The van der Waals surface area contributed by atoms with Crippen LogP contribution in [0.15, 0.2) is 53.9 Å². The number of carbonyl (C=O) groups excluding carboxylic acids is 2. The van der Waals surface area contributed by atoms with E-state index in [-0.39, 0.29) is 17.7 Å². The van der Waals surface area contributed by atoms with Gasteiger partial charge in [0.2, 0.25) is 5.91 Å². The van der Waals surface area contributed by atoms with Gasteiger partial charge in [-0.05, 0) is 53.6 Å². The van der Waals surface area contributed by atoms with Gasteiger partial charge < -0.3 is 9.80 Å². The number of benzene rings is 2. The topological polar surface area (TPSA) is 40.6 Å². The Balaban J connectivity index is 1.39. The zero-order chi connectivity index (χ0) is 20.4. The monoisotopic (exact) mass is 406 g/mol. The number of aryl methyl sites for hydroxylation is 1. The number of amides is 2. The van der Waals surface area contributed by atoms with Gasteiger partial charge in [0.25, 0.3) is 5.91 Å². The molecule has 1 aromatic heterocycles. The van der Waals surface area contributed by atoms with Gasteiger partial charge in [-0.15, -0.1) is 11.3 Å². The standard InChI is InChI=1S/C24H26N2O2S/c1-17-12-15-29-22(17)16-25(2)23(27)19-10-13-26(14-11-19)24(28)21-9-5-7-18-6-3-4-8-20(18)21/h3-9,12,15,19H,10-11,13-14,16H2,1-2H3. The lowest BCUT2D eigenvalue weighted by atomic mass is 9.94. The van der Waals surface area contributed by atoms with Crippen molar-refractivity contribution in [2.24, 2.45) is 5.92 Å². The number of nitrogens with zero attached hydrogens (tertiary/aromatic N) is 2. The molecule has 4 nitrogen and oxygen atoms in total. The molecule has 0 atom stereocenters. The van der Waals surface area contributed by atoms with Crippen LogP contribution in [0.3, 0.4) is 0 Å². The Hall–Kier alpha value is -2.66. The molecule has 150 valence electrons. The lowest BCUT2D eigenvalue weighted by Crippen LogP contribution is -2.43. The maximum Gasteiger partial charge on any atom is 0.254 e. The maximum absolute atomic E-state index is 13.1. The fourth-order valence-electron chi connectivity index (χ4n) is 4.08. The van der Waals surface area contributed by atoms with Crippen molar-refractivity contribution in [3.8, 4) is 0 Å². The van der Waals surface area contributed by atoms with Crippen molar-refractivity contribution in [2.75, 3.05) is 20.1 Å². The molecule has 0 radical (unpaired) electrons. The summed E-state index contributed by atoms with van der Waals surface area (Å²) in [5.74, 6) is 0.252. The van der Waals surface area contributed by atoms with E-state index in [9.17, 15) is 9.59 Å². The second-order valence-corrected chi connectivity index (χ2v) is 8.81. The van der Waals surface area contributed by atoms with Gasteiger partial charge in [-0.2, -0.15) is 0 Å². The van der Waals surface area contributed by atoms with Crippen molar-refractivity contribution in [2.45, 2.75) is 26.3 Å². The van der Waals surface area contributed by atoms with Gasteiger partial charge in [-0.1, -0.05) is 36.4 Å². The van der Waals surface area contributed by atoms with Gasteiger partial charge >= 0.3 is 0 Å². The minimum atomic E-state index is -0.00293. The van der Waals surface area contributed by atoms with Crippen LogP contribution in [-0.4, -0.2) is 41.8 Å². The number of thiophene rings is 1. The molecule has 2 heterocycles. The predicted molar refractivity (Wildman–Crippen MR) is 118 cm³/mol. The molecule has 2 amide bonds. The van der Waals surface area contributed by atoms with E-state index >= 15 is 0 Å². The highest BCUT2D eigenvalue weighted by Gasteiger charge is 2.30. The first kappa shape index (κ1) is 19.6. The normalized spacial score (nSPS) is 14.9. The van der Waals surface area contributed by atoms with Gasteiger partial charge in [-0.3, -0.25) is 9.59 Å². The van der Waals surface area contributed by atoms with Crippen molar-refractivity contribution >= 4 is 33.9 Å². The van der Waals surface area contributed by atoms with Crippen LogP contribution in [0.5, 0.6) is 0 Å². The molecule has 0 unspecified atom stereocenters. The molecular formula is C24H26N2O2S. The number of fused-ring (bicyclic) bond motifs is 1. The van der Waals surface area contributed by atoms with Crippen molar-refractivity contribution in [3.05, 3.63) is 69.9 Å². The van der Waals surface area contributed by atoms with Gasteiger partial charge in [0.1, 0.15) is 0 Å². The van der Waals surface area contributed by atoms with E-state index in [0.29, 0.717) is 19.6 Å². The van der Waals surface area contributed by atoms with Gasteiger partial charge in [0.05, 0.1) is 6.54 Å². The Labute approximate surface area is 175 Å². The van der Waals surface area contributed by atoms with Crippen LogP contribution in [-0.2, 0) is 11.3 Å². The van der Waals surface area contributed by atoms with E-state index in [1.165, 1.54) is 10.4 Å². The fraction of sp³-hybridized carbons (Fsp3) is 0.333. The SMILES string of the molecule is Cc1ccsc1CN(C)C(=O)C1CCN(C(=O)c2cccc3ccccc23)CC1. The van der Waals surface area contributed by atoms with Gasteiger partial charge in [0.15, 0.2) is 0 Å². The summed E-state index contributed by atoms with van der Waals surface area (Å²) in [6, 6.07) is 15.9. The summed E-state index contributed by atoms with van der Waals surface area (Å²) in [7, 11) is 1.88. The summed E-state index contributed by atoms with van der Waals surface area (Å²) in [6.07, 6.45) is 1.45. The van der Waals surface area contributed by atoms with E-state index < -0.39 is 0 Å². The number of rotatable bonds is 4. The largest absolute Gasteiger partial charge is 0.340 e. The van der Waals surface area contributed by atoms with Crippen LogP contribution in [0.2, 0.25) is 0 Å². The van der Waals surface area contributed by atoms with Crippen LogP contribution in [0, 0.1) is 12.8 Å². The number of carbonyl (C=O) groups is 2. The molecule has 1 aliphatic rings. The molecular weight excluding hydrogens is 380 g/mol. The minimum absolute atomic E-state index is 0.00293. The second kappa shape index (κ2) is 8.37. The maximum atomic E-state index is 13.1. The van der Waals surface area contributed by atoms with Crippen molar-refractivity contribution in [1.29, 1.82) is 0 Å². The highest BCUT2D eigenvalue weighted by atomic mass is 32.1. The number of hydrogen-bond acceptors (Lipinski definition) is 3. The van der Waals surface area contributed by atoms with E-state index in [1.54, 1.807) is 11.3 Å². The predicted octanol–water partition coefficient (Wildman–Crippen LogP) is 4.72. The molecule has 0 aliphatic carbocycles. The Morgan fingerprint density at radius 1 is 1.07 bits per heavy atom. The third-order valence-corrected chi connectivity index (χ3v) is 6.88. The molecule has 0 bridgehead atoms. The third kappa shape index (κ3) is 4.06. The van der Waals surface area contributed by atoms with Crippen LogP contribution in [0.4, 0.5) is 0 Å². The molecule has 2 aromatic carbocycles. The average molecular weight is 407 g/mol. The average Bonchev–Trinajstić information content (AvgIpc) is 3.16. The molecule has 3 aromatic rings. The first-order chi connectivity index (χ1) is 14.0. The Morgan fingerprint density at radius 3 is 2.52 bits per heavy atom. The van der Waals surface area contributed by atoms with Crippen LogP contribution in [0.25, 0.3) is 10.8 Å². The number of piperidine rings is 1. The highest BCUT2D eigenvalue weighted by Crippen LogP contribution is 2.25. The molecule has 29 heavy (non-hydrogen) atoms. The van der Waals surface area contributed by atoms with Gasteiger partial charge in [0, 0.05) is 36.5 Å². The molecule has 1 fully saturated rings. The molecule has 1 saturated heterocycles. The second-order valence-electron chi connectivity index (χ2n) is 7.81. The summed E-state index contributed by atoms with van der Waals surface area (Å²) in [5, 5.41) is 4.14. The number of hydrogen-bond donors (Lipinski definition) is 0. The zero-order valence-electron chi connectivity index (χ0n) is 16.9. The summed E-state index contributed by atoms with van der Waals surface area (Å²) >= 11 is 1.70. The zero-order valence-corrected chi connectivity index (χ0v) is 17.7. The Bertz CT molecular complexity index is 1030. The van der Waals surface area contributed by atoms with Crippen LogP contribution in [0.1, 0.15) is 33.6 Å². The first-order valence-corrected chi connectivity index (χ1v) is 11.0. The van der Waals surface area contributed by atoms with E-state index in [2.05, 4.69) is 18.4 Å². The Morgan fingerprint density at radius 2 is 1.79 bits per heavy atom. The smallest absolute Gasteiger partial charge is 0.254 e. The van der Waals surface area contributed by atoms with Crippen LogP contribution < -0.4 is 0 Å². The van der Waals surface area contributed by atoms with Crippen molar-refractivity contribution in [1.82, 2.24) is 9.80 Å². The minimum Gasteiger partial charge on any atom is -0.340 e. The molecule has 0 N–H and O–H groups in total.